The summed E-state index contributed by atoms with van der Waals surface area (Å²) >= 11 is 1.81. The number of nitrogens with zero attached hydrogens (tertiary/aromatic N) is 3. The van der Waals surface area contributed by atoms with Crippen LogP contribution in [0.1, 0.15) is 18.4 Å². The number of thioether (sulfide) groups is 1. The molecule has 0 atom stereocenters. The standard InChI is InChI=1S/C24H33N3OS/c1-28-24-6-4-3-5-23(24)27-17-15-26(16-18-27)21-11-13-25(14-12-21)19-20-7-9-22(29-2)10-8-20/h3-10,21H,11-19H2,1-2H3. The molecule has 2 aromatic carbocycles. The second-order valence-corrected chi connectivity index (χ2v) is 8.93. The van der Waals surface area contributed by atoms with Gasteiger partial charge in [-0.3, -0.25) is 9.80 Å². The summed E-state index contributed by atoms with van der Waals surface area (Å²) < 4.78 is 5.55. The average Bonchev–Trinajstić information content (AvgIpc) is 2.80. The molecule has 0 radical (unpaired) electrons. The molecule has 0 amide bonds. The molecule has 2 aliphatic rings. The van der Waals surface area contributed by atoms with Crippen LogP contribution in [0.5, 0.6) is 5.75 Å². The average molecular weight is 412 g/mol. The molecule has 2 fully saturated rings. The molecular formula is C24H33N3OS. The van der Waals surface area contributed by atoms with Crippen LogP contribution in [0.2, 0.25) is 0 Å². The topological polar surface area (TPSA) is 19.0 Å². The van der Waals surface area contributed by atoms with Gasteiger partial charge in [-0.2, -0.15) is 0 Å². The molecule has 5 heteroatoms. The van der Waals surface area contributed by atoms with E-state index in [1.54, 1.807) is 7.11 Å². The maximum absolute atomic E-state index is 5.55. The van der Waals surface area contributed by atoms with Crippen molar-refractivity contribution in [2.45, 2.75) is 30.3 Å². The summed E-state index contributed by atoms with van der Waals surface area (Å²) in [4.78, 5) is 9.16. The number of hydrogen-bond acceptors (Lipinski definition) is 5. The van der Waals surface area contributed by atoms with Crippen LogP contribution in [0.3, 0.4) is 0 Å². The van der Waals surface area contributed by atoms with Crippen molar-refractivity contribution in [1.29, 1.82) is 0 Å². The molecule has 0 spiro atoms. The minimum absolute atomic E-state index is 0.741. The second-order valence-electron chi connectivity index (χ2n) is 8.05. The summed E-state index contributed by atoms with van der Waals surface area (Å²) in [7, 11) is 1.76. The molecule has 2 aromatic rings. The van der Waals surface area contributed by atoms with Gasteiger partial charge >= 0.3 is 0 Å². The molecule has 2 aliphatic heterocycles. The molecule has 0 saturated carbocycles. The van der Waals surface area contributed by atoms with Crippen molar-refractivity contribution >= 4 is 17.4 Å². The number of hydrogen-bond donors (Lipinski definition) is 0. The minimum atomic E-state index is 0.741. The summed E-state index contributed by atoms with van der Waals surface area (Å²) in [6.45, 7) is 7.98. The van der Waals surface area contributed by atoms with Gasteiger partial charge in [-0.15, -0.1) is 11.8 Å². The van der Waals surface area contributed by atoms with Crippen molar-refractivity contribution in [3.63, 3.8) is 0 Å². The highest BCUT2D eigenvalue weighted by Gasteiger charge is 2.28. The van der Waals surface area contributed by atoms with E-state index < -0.39 is 0 Å². The summed E-state index contributed by atoms with van der Waals surface area (Å²) in [6.07, 6.45) is 4.71. The first kappa shape index (κ1) is 20.6. The molecule has 2 heterocycles. The normalized spacial score (nSPS) is 19.4. The molecule has 0 aromatic heterocycles. The van der Waals surface area contributed by atoms with Crippen LogP contribution >= 0.6 is 11.8 Å². The van der Waals surface area contributed by atoms with E-state index in [9.17, 15) is 0 Å². The molecule has 0 unspecified atom stereocenters. The maximum atomic E-state index is 5.55. The van der Waals surface area contributed by atoms with Crippen molar-refractivity contribution in [3.8, 4) is 5.75 Å². The Morgan fingerprint density at radius 1 is 0.897 bits per heavy atom. The predicted molar refractivity (Wildman–Crippen MR) is 123 cm³/mol. The highest BCUT2D eigenvalue weighted by molar-refractivity contribution is 7.98. The number of ether oxygens (including phenoxy) is 1. The number of methoxy groups -OCH3 is 1. The van der Waals surface area contributed by atoms with E-state index in [2.05, 4.69) is 63.4 Å². The van der Waals surface area contributed by atoms with Crippen LogP contribution in [0, 0.1) is 0 Å². The Balaban J connectivity index is 1.24. The lowest BCUT2D eigenvalue weighted by Gasteiger charge is -2.43. The second kappa shape index (κ2) is 9.88. The highest BCUT2D eigenvalue weighted by Crippen LogP contribution is 2.29. The number of rotatable bonds is 6. The molecule has 29 heavy (non-hydrogen) atoms. The van der Waals surface area contributed by atoms with Gasteiger partial charge in [0.2, 0.25) is 0 Å². The van der Waals surface area contributed by atoms with Crippen LogP contribution in [0.25, 0.3) is 0 Å². The Morgan fingerprint density at radius 3 is 2.24 bits per heavy atom. The lowest BCUT2D eigenvalue weighted by atomic mass is 10.0. The first-order valence-electron chi connectivity index (χ1n) is 10.7. The molecule has 2 saturated heterocycles. The molecule has 0 N–H and O–H groups in total. The van der Waals surface area contributed by atoms with E-state index in [4.69, 9.17) is 4.74 Å². The SMILES string of the molecule is COc1ccccc1N1CCN(C2CCN(Cc3ccc(SC)cc3)CC2)CC1. The van der Waals surface area contributed by atoms with E-state index in [0.29, 0.717) is 0 Å². The Hall–Kier alpha value is -1.69. The molecule has 4 rings (SSSR count). The van der Waals surface area contributed by atoms with Crippen LogP contribution in [-0.4, -0.2) is 68.5 Å². The third-order valence-corrected chi connectivity index (χ3v) is 7.12. The number of piperazine rings is 1. The van der Waals surface area contributed by atoms with Gasteiger partial charge in [-0.05, 0) is 62.0 Å². The highest BCUT2D eigenvalue weighted by atomic mass is 32.2. The zero-order valence-corrected chi connectivity index (χ0v) is 18.5. The van der Waals surface area contributed by atoms with Crippen molar-refractivity contribution in [2.75, 3.05) is 57.5 Å². The Labute approximate surface area is 179 Å². The van der Waals surface area contributed by atoms with Crippen molar-refractivity contribution in [1.82, 2.24) is 9.80 Å². The quantitative estimate of drug-likeness (QED) is 0.661. The fraction of sp³-hybridized carbons (Fsp3) is 0.500. The molecule has 0 aliphatic carbocycles. The van der Waals surface area contributed by atoms with E-state index in [1.807, 2.05) is 17.8 Å². The maximum Gasteiger partial charge on any atom is 0.142 e. The van der Waals surface area contributed by atoms with Gasteiger partial charge in [0.25, 0.3) is 0 Å². The first-order valence-corrected chi connectivity index (χ1v) is 12.0. The zero-order chi connectivity index (χ0) is 20.1. The largest absolute Gasteiger partial charge is 0.495 e. The fourth-order valence-electron chi connectivity index (χ4n) is 4.65. The Bertz CT molecular complexity index is 766. The van der Waals surface area contributed by atoms with Gasteiger partial charge < -0.3 is 9.64 Å². The zero-order valence-electron chi connectivity index (χ0n) is 17.7. The number of piperidine rings is 1. The van der Waals surface area contributed by atoms with Gasteiger partial charge in [0.05, 0.1) is 12.8 Å². The number of anilines is 1. The van der Waals surface area contributed by atoms with Crippen LogP contribution < -0.4 is 9.64 Å². The number of para-hydroxylation sites is 2. The van der Waals surface area contributed by atoms with Gasteiger partial charge in [0, 0.05) is 43.7 Å². The van der Waals surface area contributed by atoms with Crippen molar-refractivity contribution in [3.05, 3.63) is 54.1 Å². The minimum Gasteiger partial charge on any atom is -0.495 e. The third-order valence-electron chi connectivity index (χ3n) is 6.38. The van der Waals surface area contributed by atoms with Crippen LogP contribution in [0.15, 0.2) is 53.4 Å². The summed E-state index contributed by atoms with van der Waals surface area (Å²) in [5.41, 5.74) is 2.67. The summed E-state index contributed by atoms with van der Waals surface area (Å²) in [6, 6.07) is 18.2. The molecule has 0 bridgehead atoms. The van der Waals surface area contributed by atoms with Gasteiger partial charge in [0.1, 0.15) is 5.75 Å². The fourth-order valence-corrected chi connectivity index (χ4v) is 5.06. The summed E-state index contributed by atoms with van der Waals surface area (Å²) in [5, 5.41) is 0. The lowest BCUT2D eigenvalue weighted by Crippen LogP contribution is -2.53. The van der Waals surface area contributed by atoms with E-state index >= 15 is 0 Å². The predicted octanol–water partition coefficient (Wildman–Crippen LogP) is 4.20. The van der Waals surface area contributed by atoms with Crippen molar-refractivity contribution < 1.29 is 4.74 Å². The van der Waals surface area contributed by atoms with Crippen molar-refractivity contribution in [2.24, 2.45) is 0 Å². The van der Waals surface area contributed by atoms with Gasteiger partial charge in [-0.25, -0.2) is 0 Å². The first-order chi connectivity index (χ1) is 14.3. The van der Waals surface area contributed by atoms with Crippen LogP contribution in [-0.2, 0) is 6.54 Å². The summed E-state index contributed by atoms with van der Waals surface area (Å²) in [5.74, 6) is 0.986. The van der Waals surface area contributed by atoms with Gasteiger partial charge in [0.15, 0.2) is 0 Å². The van der Waals surface area contributed by atoms with E-state index in [1.165, 1.54) is 42.1 Å². The molecule has 156 valence electrons. The monoisotopic (exact) mass is 411 g/mol. The molecular weight excluding hydrogens is 378 g/mol. The van der Waals surface area contributed by atoms with E-state index in [0.717, 1.165) is 44.5 Å². The molecule has 4 nitrogen and oxygen atoms in total. The lowest BCUT2D eigenvalue weighted by molar-refractivity contribution is 0.0997. The van der Waals surface area contributed by atoms with E-state index in [-0.39, 0.29) is 0 Å². The Kier molecular flexibility index (Phi) is 7.01. The Morgan fingerprint density at radius 2 is 1.59 bits per heavy atom. The number of benzene rings is 2. The van der Waals surface area contributed by atoms with Crippen LogP contribution in [0.4, 0.5) is 5.69 Å². The number of likely N-dealkylation sites (tertiary alicyclic amines) is 1. The van der Waals surface area contributed by atoms with Gasteiger partial charge in [-0.1, -0.05) is 24.3 Å². The third kappa shape index (κ3) is 5.08. The smallest absolute Gasteiger partial charge is 0.142 e.